The Hall–Kier alpha value is 0.0700. The molecule has 0 aromatic heterocycles. The van der Waals surface area contributed by atoms with Gasteiger partial charge in [-0.2, -0.15) is 0 Å². The van der Waals surface area contributed by atoms with Crippen LogP contribution in [0.25, 0.3) is 0 Å². The van der Waals surface area contributed by atoms with Crippen LogP contribution in [0.1, 0.15) is 6.42 Å². The lowest BCUT2D eigenvalue weighted by Gasteiger charge is -2.06. The highest BCUT2D eigenvalue weighted by Crippen LogP contribution is 2.24. The van der Waals surface area contributed by atoms with E-state index >= 15 is 0 Å². The molecular formula is C6H5F2I. The van der Waals surface area contributed by atoms with E-state index in [1.54, 1.807) is 6.08 Å². The molecule has 1 aliphatic rings. The minimum Gasteiger partial charge on any atom is -0.239 e. The molecule has 1 unspecified atom stereocenters. The van der Waals surface area contributed by atoms with Gasteiger partial charge in [-0.15, -0.1) is 0 Å². The lowest BCUT2D eigenvalue weighted by Crippen LogP contribution is -2.02. The predicted molar refractivity (Wildman–Crippen MR) is 40.8 cm³/mol. The Balaban J connectivity index is 2.74. The summed E-state index contributed by atoms with van der Waals surface area (Å²) in [6.07, 6.45) is 1.67. The first kappa shape index (κ1) is 7.18. The Labute approximate surface area is 65.8 Å². The van der Waals surface area contributed by atoms with Crippen molar-refractivity contribution in [1.82, 2.24) is 0 Å². The summed E-state index contributed by atoms with van der Waals surface area (Å²) in [5, 5.41) is 0. The van der Waals surface area contributed by atoms with Crippen molar-refractivity contribution in [3.8, 4) is 0 Å². The van der Waals surface area contributed by atoms with Crippen molar-refractivity contribution in [1.29, 1.82) is 0 Å². The van der Waals surface area contributed by atoms with E-state index in [0.717, 1.165) is 3.58 Å². The number of halogens is 3. The van der Waals surface area contributed by atoms with Crippen molar-refractivity contribution < 1.29 is 8.78 Å². The molecule has 0 spiro atoms. The number of allylic oxidation sites excluding steroid dienone is 4. The van der Waals surface area contributed by atoms with Crippen LogP contribution in [-0.2, 0) is 0 Å². The standard InChI is InChI=1S/C6H5F2I/c7-5-2-1-4(9)3-6(5)8/h1,3,5H,2H2. The van der Waals surface area contributed by atoms with E-state index in [2.05, 4.69) is 0 Å². The first-order valence-electron chi connectivity index (χ1n) is 2.57. The van der Waals surface area contributed by atoms with Crippen LogP contribution in [0.5, 0.6) is 0 Å². The molecule has 0 saturated carbocycles. The van der Waals surface area contributed by atoms with Crippen molar-refractivity contribution in [2.24, 2.45) is 0 Å². The van der Waals surface area contributed by atoms with Gasteiger partial charge in [0, 0.05) is 10.0 Å². The van der Waals surface area contributed by atoms with E-state index < -0.39 is 12.0 Å². The van der Waals surface area contributed by atoms with Crippen LogP contribution in [-0.4, -0.2) is 6.17 Å². The Bertz CT molecular complexity index is 172. The fourth-order valence-electron chi connectivity index (χ4n) is 0.610. The molecule has 50 valence electrons. The molecule has 0 aromatic rings. The molecule has 0 aliphatic heterocycles. The SMILES string of the molecule is FC1=CC(I)=CCC1F. The normalized spacial score (nSPS) is 27.2. The third kappa shape index (κ3) is 1.74. The molecule has 9 heavy (non-hydrogen) atoms. The van der Waals surface area contributed by atoms with Crippen LogP contribution in [0.3, 0.4) is 0 Å². The third-order valence-corrected chi connectivity index (χ3v) is 1.85. The highest BCUT2D eigenvalue weighted by atomic mass is 127. The molecule has 0 aromatic carbocycles. The fraction of sp³-hybridized carbons (Fsp3) is 0.333. The van der Waals surface area contributed by atoms with Crippen LogP contribution >= 0.6 is 22.6 Å². The molecule has 3 heteroatoms. The van der Waals surface area contributed by atoms with Crippen molar-refractivity contribution in [3.05, 3.63) is 21.6 Å². The molecule has 0 N–H and O–H groups in total. The van der Waals surface area contributed by atoms with Crippen LogP contribution in [0.15, 0.2) is 21.6 Å². The second-order valence-electron chi connectivity index (χ2n) is 1.82. The van der Waals surface area contributed by atoms with Gasteiger partial charge in [0.1, 0.15) is 5.83 Å². The van der Waals surface area contributed by atoms with Crippen LogP contribution in [0.4, 0.5) is 8.78 Å². The molecule has 1 atom stereocenters. The minimum atomic E-state index is -1.40. The van der Waals surface area contributed by atoms with Crippen molar-refractivity contribution in [2.45, 2.75) is 12.6 Å². The van der Waals surface area contributed by atoms with Gasteiger partial charge in [0.05, 0.1) is 0 Å². The van der Waals surface area contributed by atoms with Gasteiger partial charge in [-0.1, -0.05) is 6.08 Å². The molecular weight excluding hydrogens is 237 g/mol. The number of hydrogen-bond acceptors (Lipinski definition) is 0. The van der Waals surface area contributed by atoms with E-state index in [0.29, 0.717) is 0 Å². The molecule has 0 saturated heterocycles. The van der Waals surface area contributed by atoms with Crippen LogP contribution < -0.4 is 0 Å². The highest BCUT2D eigenvalue weighted by molar-refractivity contribution is 14.1. The van der Waals surface area contributed by atoms with Crippen LogP contribution in [0.2, 0.25) is 0 Å². The zero-order chi connectivity index (χ0) is 6.85. The monoisotopic (exact) mass is 242 g/mol. The second-order valence-corrected chi connectivity index (χ2v) is 3.07. The van der Waals surface area contributed by atoms with Gasteiger partial charge in [0.2, 0.25) is 0 Å². The molecule has 0 radical (unpaired) electrons. The molecule has 1 aliphatic carbocycles. The van der Waals surface area contributed by atoms with E-state index in [9.17, 15) is 8.78 Å². The van der Waals surface area contributed by atoms with Gasteiger partial charge in [-0.05, 0) is 28.7 Å². The van der Waals surface area contributed by atoms with Crippen molar-refractivity contribution in [3.63, 3.8) is 0 Å². The van der Waals surface area contributed by atoms with E-state index in [4.69, 9.17) is 0 Å². The van der Waals surface area contributed by atoms with E-state index in [-0.39, 0.29) is 6.42 Å². The number of rotatable bonds is 0. The van der Waals surface area contributed by atoms with Crippen molar-refractivity contribution in [2.75, 3.05) is 0 Å². The molecule has 0 nitrogen and oxygen atoms in total. The van der Waals surface area contributed by atoms with Crippen LogP contribution in [0, 0.1) is 0 Å². The summed E-state index contributed by atoms with van der Waals surface area (Å²) in [4.78, 5) is 0. The van der Waals surface area contributed by atoms with Gasteiger partial charge >= 0.3 is 0 Å². The quantitative estimate of drug-likeness (QED) is 0.573. The fourth-order valence-corrected chi connectivity index (χ4v) is 1.16. The van der Waals surface area contributed by atoms with Gasteiger partial charge in [0.25, 0.3) is 0 Å². The largest absolute Gasteiger partial charge is 0.239 e. The smallest absolute Gasteiger partial charge is 0.155 e. The molecule has 0 amide bonds. The first-order chi connectivity index (χ1) is 4.20. The van der Waals surface area contributed by atoms with E-state index in [1.165, 1.54) is 6.08 Å². The number of hydrogen-bond donors (Lipinski definition) is 0. The Morgan fingerprint density at radius 3 is 2.78 bits per heavy atom. The maximum atomic E-state index is 12.3. The summed E-state index contributed by atoms with van der Waals surface area (Å²) in [6, 6.07) is 0. The molecule has 0 bridgehead atoms. The Morgan fingerprint density at radius 2 is 2.33 bits per heavy atom. The highest BCUT2D eigenvalue weighted by Gasteiger charge is 2.14. The maximum absolute atomic E-state index is 12.3. The lowest BCUT2D eigenvalue weighted by atomic mass is 10.1. The summed E-state index contributed by atoms with van der Waals surface area (Å²) in [5.74, 6) is -0.651. The predicted octanol–water partition coefficient (Wildman–Crippen LogP) is 2.90. The average Bonchev–Trinajstić information content (AvgIpc) is 1.80. The molecule has 1 rings (SSSR count). The van der Waals surface area contributed by atoms with Gasteiger partial charge in [-0.3, -0.25) is 0 Å². The first-order valence-corrected chi connectivity index (χ1v) is 3.65. The zero-order valence-corrected chi connectivity index (χ0v) is 6.73. The summed E-state index contributed by atoms with van der Waals surface area (Å²) in [5.41, 5.74) is 0. The lowest BCUT2D eigenvalue weighted by molar-refractivity contribution is 0.325. The van der Waals surface area contributed by atoms with Crippen molar-refractivity contribution >= 4 is 22.6 Å². The second kappa shape index (κ2) is 2.77. The third-order valence-electron chi connectivity index (χ3n) is 1.09. The zero-order valence-electron chi connectivity index (χ0n) is 4.57. The summed E-state index contributed by atoms with van der Waals surface area (Å²) in [6.45, 7) is 0. The van der Waals surface area contributed by atoms with E-state index in [1.807, 2.05) is 22.6 Å². The topological polar surface area (TPSA) is 0 Å². The Kier molecular flexibility index (Phi) is 2.21. The van der Waals surface area contributed by atoms with Gasteiger partial charge in [-0.25, -0.2) is 8.78 Å². The molecule has 0 fully saturated rings. The summed E-state index contributed by atoms with van der Waals surface area (Å²) < 4.78 is 25.3. The Morgan fingerprint density at radius 1 is 1.67 bits per heavy atom. The van der Waals surface area contributed by atoms with Gasteiger partial charge < -0.3 is 0 Å². The molecule has 0 heterocycles. The summed E-state index contributed by atoms with van der Waals surface area (Å²) in [7, 11) is 0. The summed E-state index contributed by atoms with van der Waals surface area (Å²) >= 11 is 1.96. The minimum absolute atomic E-state index is 0.181. The number of alkyl halides is 1. The van der Waals surface area contributed by atoms with Gasteiger partial charge in [0.15, 0.2) is 6.17 Å². The maximum Gasteiger partial charge on any atom is 0.155 e. The average molecular weight is 242 g/mol.